The molecule has 61 heavy (non-hydrogen) atoms. The predicted octanol–water partition coefficient (Wildman–Crippen LogP) is 9.29. The maximum Gasteiger partial charge on any atom is 0.306 e. The molecule has 0 spiro atoms. The standard InChI is InChI=1S/C49H54ClF2N5O4/c1-30(2)61-49(59)21-33(26-56-45-13-8-35(50)23-40(45)41-28-54(4)17-15-46(41)56)32-7-10-37(53-25-32)14-18-55-19-16-47-42(29-55)39-20-31(3)6-12-44(39)57(47)27-34(22-48(58)60-5)38-11-9-36(51)24-43(38)52/h6-13,20,23-25,30,33-34H,14-19,21-22,26-29H2,1-5H3. The maximum atomic E-state index is 15.2. The molecule has 0 N–H and O–H groups in total. The van der Waals surface area contributed by atoms with E-state index in [0.717, 1.165) is 91.3 Å². The fourth-order valence-electron chi connectivity index (χ4n) is 9.51. The number of esters is 2. The van der Waals surface area contributed by atoms with Gasteiger partial charge in [-0.1, -0.05) is 35.4 Å². The van der Waals surface area contributed by atoms with Gasteiger partial charge in [-0.2, -0.15) is 0 Å². The summed E-state index contributed by atoms with van der Waals surface area (Å²) in [6.45, 7) is 11.0. The lowest BCUT2D eigenvalue weighted by Gasteiger charge is -2.29. The van der Waals surface area contributed by atoms with Gasteiger partial charge in [0.2, 0.25) is 0 Å². The van der Waals surface area contributed by atoms with Gasteiger partial charge >= 0.3 is 11.9 Å². The fourth-order valence-corrected chi connectivity index (χ4v) is 9.69. The van der Waals surface area contributed by atoms with Crippen LogP contribution in [0.25, 0.3) is 21.8 Å². The number of carbonyl (C=O) groups is 2. The number of aryl methyl sites for hydroxylation is 1. The number of nitrogens with zero attached hydrogens (tertiary/aromatic N) is 5. The van der Waals surface area contributed by atoms with Crippen molar-refractivity contribution in [3.63, 3.8) is 0 Å². The molecule has 0 fully saturated rings. The second kappa shape index (κ2) is 18.1. The second-order valence-electron chi connectivity index (χ2n) is 17.2. The molecule has 5 heterocycles. The van der Waals surface area contributed by atoms with E-state index in [4.69, 9.17) is 26.1 Å². The number of pyridine rings is 1. The number of methoxy groups -OCH3 is 1. The fraction of sp³-hybridized carbons (Fsp3) is 0.408. The van der Waals surface area contributed by atoms with Crippen molar-refractivity contribution < 1.29 is 27.8 Å². The monoisotopic (exact) mass is 849 g/mol. The third kappa shape index (κ3) is 9.25. The van der Waals surface area contributed by atoms with Crippen molar-refractivity contribution in [1.29, 1.82) is 0 Å². The molecule has 6 aromatic rings. The van der Waals surface area contributed by atoms with E-state index in [9.17, 15) is 14.0 Å². The Kier molecular flexibility index (Phi) is 12.6. The molecule has 0 saturated heterocycles. The molecule has 2 atom stereocenters. The number of fused-ring (bicyclic) bond motifs is 6. The number of ether oxygens (including phenoxy) is 2. The number of aromatic nitrogens is 3. The maximum absolute atomic E-state index is 15.2. The summed E-state index contributed by atoms with van der Waals surface area (Å²) in [6.07, 6.45) is 4.40. The molecule has 320 valence electrons. The summed E-state index contributed by atoms with van der Waals surface area (Å²) >= 11 is 6.50. The molecule has 2 unspecified atom stereocenters. The first-order valence-electron chi connectivity index (χ1n) is 21.3. The van der Waals surface area contributed by atoms with Crippen LogP contribution in [-0.4, -0.2) is 75.8 Å². The van der Waals surface area contributed by atoms with Gasteiger partial charge in [-0.3, -0.25) is 19.5 Å². The zero-order valence-electron chi connectivity index (χ0n) is 35.6. The lowest BCUT2D eigenvalue weighted by atomic mass is 9.94. The molecule has 0 bridgehead atoms. The molecule has 3 aromatic heterocycles. The van der Waals surface area contributed by atoms with Crippen LogP contribution in [0.1, 0.15) is 83.4 Å². The molecular weight excluding hydrogens is 796 g/mol. The molecule has 9 nitrogen and oxygen atoms in total. The van der Waals surface area contributed by atoms with Crippen LogP contribution in [0.15, 0.2) is 72.9 Å². The number of hydrogen-bond acceptors (Lipinski definition) is 7. The first kappa shape index (κ1) is 42.6. The highest BCUT2D eigenvalue weighted by Crippen LogP contribution is 2.37. The van der Waals surface area contributed by atoms with Crippen LogP contribution in [0.4, 0.5) is 8.78 Å². The number of carbonyl (C=O) groups excluding carboxylic acids is 2. The van der Waals surface area contributed by atoms with Crippen molar-refractivity contribution in [2.75, 3.05) is 33.8 Å². The van der Waals surface area contributed by atoms with E-state index < -0.39 is 23.5 Å². The minimum absolute atomic E-state index is 0.0293. The molecular formula is C49H54ClF2N5O4. The van der Waals surface area contributed by atoms with Crippen LogP contribution < -0.4 is 0 Å². The van der Waals surface area contributed by atoms with Gasteiger partial charge in [0.05, 0.1) is 26.1 Å². The summed E-state index contributed by atoms with van der Waals surface area (Å²) in [5, 5.41) is 3.03. The number of benzene rings is 3. The van der Waals surface area contributed by atoms with Gasteiger partial charge in [0, 0.05) is 133 Å². The molecule has 2 aliphatic rings. The largest absolute Gasteiger partial charge is 0.469 e. The first-order valence-corrected chi connectivity index (χ1v) is 21.7. The average molecular weight is 850 g/mol. The summed E-state index contributed by atoms with van der Waals surface area (Å²) in [6, 6.07) is 20.3. The zero-order chi connectivity index (χ0) is 42.9. The van der Waals surface area contributed by atoms with E-state index >= 15 is 4.39 Å². The lowest BCUT2D eigenvalue weighted by molar-refractivity contribution is -0.148. The summed E-state index contributed by atoms with van der Waals surface area (Å²) in [7, 11) is 3.47. The minimum atomic E-state index is -0.668. The minimum Gasteiger partial charge on any atom is -0.469 e. The highest BCUT2D eigenvalue weighted by Gasteiger charge is 2.29. The topological polar surface area (TPSA) is 81.8 Å². The number of halogens is 3. The third-order valence-corrected chi connectivity index (χ3v) is 12.8. The van der Waals surface area contributed by atoms with Crippen molar-refractivity contribution in [3.8, 4) is 0 Å². The van der Waals surface area contributed by atoms with Crippen LogP contribution in [0.3, 0.4) is 0 Å². The van der Waals surface area contributed by atoms with E-state index in [2.05, 4.69) is 75.4 Å². The summed E-state index contributed by atoms with van der Waals surface area (Å²) in [4.78, 5) is 35.5. The van der Waals surface area contributed by atoms with Gasteiger partial charge in [-0.15, -0.1) is 0 Å². The highest BCUT2D eigenvalue weighted by atomic mass is 35.5. The van der Waals surface area contributed by atoms with Gasteiger partial charge in [0.1, 0.15) is 11.6 Å². The molecule has 2 aliphatic heterocycles. The van der Waals surface area contributed by atoms with Crippen LogP contribution in [0.2, 0.25) is 5.02 Å². The number of rotatable bonds is 14. The summed E-state index contributed by atoms with van der Waals surface area (Å²) < 4.78 is 44.4. The molecule has 12 heteroatoms. The molecule has 0 radical (unpaired) electrons. The van der Waals surface area contributed by atoms with Crippen molar-refractivity contribution in [3.05, 3.63) is 134 Å². The first-order chi connectivity index (χ1) is 29.3. The van der Waals surface area contributed by atoms with E-state index in [-0.39, 0.29) is 30.8 Å². The van der Waals surface area contributed by atoms with Crippen molar-refractivity contribution in [1.82, 2.24) is 23.9 Å². The van der Waals surface area contributed by atoms with Gasteiger partial charge in [0.15, 0.2) is 0 Å². The average Bonchev–Trinajstić information content (AvgIpc) is 3.69. The second-order valence-corrected chi connectivity index (χ2v) is 17.6. The van der Waals surface area contributed by atoms with Gasteiger partial charge in [-0.05, 0) is 92.5 Å². The van der Waals surface area contributed by atoms with E-state index in [0.29, 0.717) is 23.7 Å². The van der Waals surface area contributed by atoms with Crippen LogP contribution in [0.5, 0.6) is 0 Å². The molecule has 0 saturated carbocycles. The lowest BCUT2D eigenvalue weighted by Crippen LogP contribution is -2.33. The Balaban J connectivity index is 1.01. The third-order valence-electron chi connectivity index (χ3n) is 12.5. The Labute approximate surface area is 361 Å². The Morgan fingerprint density at radius 1 is 0.820 bits per heavy atom. The summed E-state index contributed by atoms with van der Waals surface area (Å²) in [5.74, 6) is -2.68. The Hall–Kier alpha value is -5.10. The highest BCUT2D eigenvalue weighted by molar-refractivity contribution is 6.31. The molecule has 0 aliphatic carbocycles. The van der Waals surface area contributed by atoms with Crippen molar-refractivity contribution in [2.24, 2.45) is 0 Å². The van der Waals surface area contributed by atoms with Crippen LogP contribution in [0, 0.1) is 18.6 Å². The Bertz CT molecular complexity index is 2580. The van der Waals surface area contributed by atoms with Crippen molar-refractivity contribution in [2.45, 2.75) is 97.0 Å². The Morgan fingerprint density at radius 3 is 2.21 bits per heavy atom. The molecule has 0 amide bonds. The number of hydrogen-bond donors (Lipinski definition) is 0. The van der Waals surface area contributed by atoms with Crippen LogP contribution in [-0.2, 0) is 64.5 Å². The molecule has 8 rings (SSSR count). The van der Waals surface area contributed by atoms with Gasteiger partial charge < -0.3 is 23.5 Å². The van der Waals surface area contributed by atoms with E-state index in [1.54, 1.807) is 0 Å². The smallest absolute Gasteiger partial charge is 0.306 e. The van der Waals surface area contributed by atoms with Crippen molar-refractivity contribution >= 4 is 45.3 Å². The Morgan fingerprint density at radius 2 is 1.51 bits per heavy atom. The summed E-state index contributed by atoms with van der Waals surface area (Å²) in [5.41, 5.74) is 10.6. The normalized spacial score (nSPS) is 15.6. The van der Waals surface area contributed by atoms with E-state index in [1.807, 2.05) is 26.1 Å². The van der Waals surface area contributed by atoms with Gasteiger partial charge in [-0.25, -0.2) is 8.78 Å². The zero-order valence-corrected chi connectivity index (χ0v) is 36.4. The van der Waals surface area contributed by atoms with Gasteiger partial charge in [0.25, 0.3) is 0 Å². The quantitative estimate of drug-likeness (QED) is 0.101. The van der Waals surface area contributed by atoms with E-state index in [1.165, 1.54) is 47.1 Å². The SMILES string of the molecule is COC(=O)CC(Cn1c2c(c3cc(C)ccc31)CN(CCc1ccc(C(CC(=O)OC(C)C)Cn3c4c(c5cc(Cl)ccc53)CN(C)CC4)cn1)CC2)c1ccc(F)cc1F. The molecule has 3 aromatic carbocycles. The number of likely N-dealkylation sites (N-methyl/N-ethyl adjacent to an activating group) is 1. The van der Waals surface area contributed by atoms with Crippen LogP contribution >= 0.6 is 11.6 Å². The predicted molar refractivity (Wildman–Crippen MR) is 235 cm³/mol.